The van der Waals surface area contributed by atoms with Crippen molar-refractivity contribution in [3.63, 3.8) is 0 Å². The number of alkyl halides is 2. The van der Waals surface area contributed by atoms with Crippen molar-refractivity contribution >= 4 is 5.82 Å². The fourth-order valence-electron chi connectivity index (χ4n) is 0.703. The standard InChI is InChI=1S/C7H9F2N3O/c1-10-6-2-7(12-4-11-6)13-3-5(8)9/h2,4-5H,3H2,1H3,(H,10,11,12). The van der Waals surface area contributed by atoms with Gasteiger partial charge in [0.2, 0.25) is 5.88 Å². The minimum atomic E-state index is -2.49. The first-order valence-corrected chi connectivity index (χ1v) is 3.63. The maximum Gasteiger partial charge on any atom is 0.272 e. The highest BCUT2D eigenvalue weighted by atomic mass is 19.3. The summed E-state index contributed by atoms with van der Waals surface area (Å²) in [5, 5.41) is 2.74. The van der Waals surface area contributed by atoms with Gasteiger partial charge in [-0.2, -0.15) is 0 Å². The van der Waals surface area contributed by atoms with Crippen LogP contribution in [-0.2, 0) is 0 Å². The van der Waals surface area contributed by atoms with E-state index in [1.165, 1.54) is 12.4 Å². The molecular weight excluding hydrogens is 180 g/mol. The van der Waals surface area contributed by atoms with E-state index in [-0.39, 0.29) is 5.88 Å². The molecule has 1 heterocycles. The summed E-state index contributed by atoms with van der Waals surface area (Å²) in [6, 6.07) is 1.45. The predicted molar refractivity (Wildman–Crippen MR) is 43.1 cm³/mol. The van der Waals surface area contributed by atoms with E-state index in [2.05, 4.69) is 20.0 Å². The lowest BCUT2D eigenvalue weighted by molar-refractivity contribution is 0.0795. The minimum Gasteiger partial charge on any atom is -0.471 e. The van der Waals surface area contributed by atoms with Crippen LogP contribution in [0.1, 0.15) is 0 Å². The highest BCUT2D eigenvalue weighted by molar-refractivity contribution is 5.35. The molecule has 0 aliphatic carbocycles. The summed E-state index contributed by atoms with van der Waals surface area (Å²) in [6.07, 6.45) is -1.25. The molecule has 1 aromatic rings. The van der Waals surface area contributed by atoms with Gasteiger partial charge in [0, 0.05) is 13.1 Å². The lowest BCUT2D eigenvalue weighted by Crippen LogP contribution is -2.08. The van der Waals surface area contributed by atoms with Crippen molar-refractivity contribution in [1.82, 2.24) is 9.97 Å². The van der Waals surface area contributed by atoms with Gasteiger partial charge in [0.05, 0.1) is 0 Å². The number of ether oxygens (including phenoxy) is 1. The van der Waals surface area contributed by atoms with E-state index in [4.69, 9.17) is 0 Å². The van der Waals surface area contributed by atoms with Crippen LogP contribution in [0, 0.1) is 0 Å². The number of anilines is 1. The number of hydrogen-bond donors (Lipinski definition) is 1. The molecule has 0 fully saturated rings. The van der Waals surface area contributed by atoms with Crippen LogP contribution in [0.4, 0.5) is 14.6 Å². The Balaban J connectivity index is 2.56. The Bertz CT molecular complexity index is 270. The van der Waals surface area contributed by atoms with Gasteiger partial charge in [-0.15, -0.1) is 0 Å². The van der Waals surface area contributed by atoms with Gasteiger partial charge in [-0.25, -0.2) is 18.7 Å². The number of nitrogens with zero attached hydrogens (tertiary/aromatic N) is 2. The molecule has 1 aromatic heterocycles. The van der Waals surface area contributed by atoms with Crippen LogP contribution in [-0.4, -0.2) is 30.0 Å². The fraction of sp³-hybridized carbons (Fsp3) is 0.429. The van der Waals surface area contributed by atoms with Crippen LogP contribution in [0.2, 0.25) is 0 Å². The molecule has 0 atom stereocenters. The first-order valence-electron chi connectivity index (χ1n) is 3.63. The van der Waals surface area contributed by atoms with Crippen molar-refractivity contribution < 1.29 is 13.5 Å². The third-order valence-electron chi connectivity index (χ3n) is 1.26. The van der Waals surface area contributed by atoms with E-state index < -0.39 is 13.0 Å². The van der Waals surface area contributed by atoms with Crippen molar-refractivity contribution in [2.45, 2.75) is 6.43 Å². The fourth-order valence-corrected chi connectivity index (χ4v) is 0.703. The van der Waals surface area contributed by atoms with Crippen molar-refractivity contribution in [3.8, 4) is 5.88 Å². The van der Waals surface area contributed by atoms with Gasteiger partial charge in [0.15, 0.2) is 6.61 Å². The molecule has 0 unspecified atom stereocenters. The van der Waals surface area contributed by atoms with E-state index in [1.807, 2.05) is 0 Å². The number of halogens is 2. The molecule has 0 radical (unpaired) electrons. The summed E-state index contributed by atoms with van der Waals surface area (Å²) in [4.78, 5) is 7.45. The summed E-state index contributed by atoms with van der Waals surface area (Å²) >= 11 is 0. The van der Waals surface area contributed by atoms with Crippen molar-refractivity contribution in [2.24, 2.45) is 0 Å². The van der Waals surface area contributed by atoms with E-state index in [0.29, 0.717) is 5.82 Å². The highest BCUT2D eigenvalue weighted by Gasteiger charge is 2.04. The molecule has 1 rings (SSSR count). The van der Waals surface area contributed by atoms with Gasteiger partial charge in [0.25, 0.3) is 6.43 Å². The molecule has 1 N–H and O–H groups in total. The highest BCUT2D eigenvalue weighted by Crippen LogP contribution is 2.10. The van der Waals surface area contributed by atoms with Crippen molar-refractivity contribution in [1.29, 1.82) is 0 Å². The van der Waals surface area contributed by atoms with Crippen LogP contribution >= 0.6 is 0 Å². The normalized spacial score (nSPS) is 10.2. The second-order valence-electron chi connectivity index (χ2n) is 2.19. The van der Waals surface area contributed by atoms with Crippen LogP contribution in [0.5, 0.6) is 5.88 Å². The molecule has 0 amide bonds. The molecular formula is C7H9F2N3O. The predicted octanol–water partition coefficient (Wildman–Crippen LogP) is 1.16. The van der Waals surface area contributed by atoms with E-state index in [9.17, 15) is 8.78 Å². The largest absolute Gasteiger partial charge is 0.471 e. The zero-order valence-corrected chi connectivity index (χ0v) is 7.00. The SMILES string of the molecule is CNc1cc(OCC(F)F)ncn1. The average Bonchev–Trinajstić information content (AvgIpc) is 2.15. The molecule has 0 aliphatic rings. The Morgan fingerprint density at radius 1 is 1.54 bits per heavy atom. The molecule has 0 aromatic carbocycles. The van der Waals surface area contributed by atoms with Gasteiger partial charge in [-0.3, -0.25) is 0 Å². The van der Waals surface area contributed by atoms with Gasteiger partial charge < -0.3 is 10.1 Å². The summed E-state index contributed by atoms with van der Waals surface area (Å²) in [5.74, 6) is 0.666. The van der Waals surface area contributed by atoms with E-state index in [0.717, 1.165) is 0 Å². The Morgan fingerprint density at radius 2 is 2.31 bits per heavy atom. The molecule has 0 bridgehead atoms. The van der Waals surface area contributed by atoms with Crippen molar-refractivity contribution in [2.75, 3.05) is 19.0 Å². The van der Waals surface area contributed by atoms with Crippen LogP contribution in [0.3, 0.4) is 0 Å². The number of aromatic nitrogens is 2. The minimum absolute atomic E-state index is 0.139. The molecule has 6 heteroatoms. The second kappa shape index (κ2) is 4.54. The summed E-state index contributed by atoms with van der Waals surface area (Å²) in [7, 11) is 1.67. The molecule has 0 saturated heterocycles. The zero-order valence-electron chi connectivity index (χ0n) is 7.00. The number of hydrogen-bond acceptors (Lipinski definition) is 4. The van der Waals surface area contributed by atoms with E-state index in [1.54, 1.807) is 7.05 Å². The van der Waals surface area contributed by atoms with Gasteiger partial charge in [-0.05, 0) is 0 Å². The van der Waals surface area contributed by atoms with Gasteiger partial charge in [-0.1, -0.05) is 0 Å². The lowest BCUT2D eigenvalue weighted by atomic mass is 10.5. The molecule has 0 aliphatic heterocycles. The average molecular weight is 189 g/mol. The maximum absolute atomic E-state index is 11.7. The molecule has 0 saturated carbocycles. The number of nitrogens with one attached hydrogen (secondary N) is 1. The monoisotopic (exact) mass is 189 g/mol. The molecule has 4 nitrogen and oxygen atoms in total. The Morgan fingerprint density at radius 3 is 2.92 bits per heavy atom. The van der Waals surface area contributed by atoms with E-state index >= 15 is 0 Å². The third-order valence-corrected chi connectivity index (χ3v) is 1.26. The first kappa shape index (κ1) is 9.63. The van der Waals surface area contributed by atoms with Gasteiger partial charge >= 0.3 is 0 Å². The second-order valence-corrected chi connectivity index (χ2v) is 2.19. The molecule has 13 heavy (non-hydrogen) atoms. The Kier molecular flexibility index (Phi) is 3.36. The quantitative estimate of drug-likeness (QED) is 0.772. The summed E-state index contributed by atoms with van der Waals surface area (Å²) < 4.78 is 28.1. The van der Waals surface area contributed by atoms with Crippen molar-refractivity contribution in [3.05, 3.63) is 12.4 Å². The topological polar surface area (TPSA) is 47.0 Å². The Hall–Kier alpha value is -1.46. The van der Waals surface area contributed by atoms with Crippen LogP contribution < -0.4 is 10.1 Å². The maximum atomic E-state index is 11.7. The summed E-state index contributed by atoms with van der Waals surface area (Å²) in [5.41, 5.74) is 0. The van der Waals surface area contributed by atoms with Gasteiger partial charge in [0.1, 0.15) is 12.1 Å². The molecule has 0 spiro atoms. The summed E-state index contributed by atoms with van der Waals surface area (Å²) in [6.45, 7) is -0.653. The number of rotatable bonds is 4. The first-order chi connectivity index (χ1) is 6.22. The smallest absolute Gasteiger partial charge is 0.272 e. The third kappa shape index (κ3) is 3.18. The zero-order chi connectivity index (χ0) is 9.68. The van der Waals surface area contributed by atoms with Crippen LogP contribution in [0.25, 0.3) is 0 Å². The Labute approximate surface area is 74.0 Å². The molecule has 72 valence electrons. The lowest BCUT2D eigenvalue weighted by Gasteiger charge is -2.04. The van der Waals surface area contributed by atoms with Crippen LogP contribution in [0.15, 0.2) is 12.4 Å².